The predicted molar refractivity (Wildman–Crippen MR) is 203 cm³/mol. The normalized spacial score (nSPS) is 11.6. The van der Waals surface area contributed by atoms with Gasteiger partial charge in [-0.2, -0.15) is 0 Å². The van der Waals surface area contributed by atoms with Gasteiger partial charge in [-0.1, -0.05) is 72.8 Å². The molecule has 50 heavy (non-hydrogen) atoms. The van der Waals surface area contributed by atoms with E-state index in [9.17, 15) is 0 Å². The van der Waals surface area contributed by atoms with E-state index < -0.39 is 0 Å². The summed E-state index contributed by atoms with van der Waals surface area (Å²) in [4.78, 5) is 19.2. The van der Waals surface area contributed by atoms with Crippen LogP contribution in [0.15, 0.2) is 170 Å². The highest BCUT2D eigenvalue weighted by atomic mass is 15.0. The summed E-state index contributed by atoms with van der Waals surface area (Å²) in [5.74, 6) is 0.620. The monoisotopic (exact) mass is 640 g/mol. The van der Waals surface area contributed by atoms with Gasteiger partial charge in [-0.05, 0) is 72.8 Å². The molecule has 0 aliphatic heterocycles. The number of hydrogen-bond acceptors (Lipinski definition) is 4. The van der Waals surface area contributed by atoms with Gasteiger partial charge in [-0.15, -0.1) is 0 Å². The van der Waals surface area contributed by atoms with Crippen molar-refractivity contribution in [3.63, 3.8) is 0 Å². The van der Waals surface area contributed by atoms with Gasteiger partial charge in [0, 0.05) is 74.4 Å². The molecule has 0 spiro atoms. The van der Waals surface area contributed by atoms with Crippen molar-refractivity contribution in [2.45, 2.75) is 0 Å². The fourth-order valence-corrected chi connectivity index (χ4v) is 7.28. The average molecular weight is 641 g/mol. The Hall–Kier alpha value is -6.92. The molecule has 5 aromatic carbocycles. The fraction of sp³-hybridized carbons (Fsp3) is 0. The van der Waals surface area contributed by atoms with Gasteiger partial charge in [-0.25, -0.2) is 9.97 Å². The maximum Gasteiger partial charge on any atom is 0.160 e. The maximum absolute atomic E-state index is 5.20. The van der Waals surface area contributed by atoms with Gasteiger partial charge < -0.3 is 9.13 Å². The lowest BCUT2D eigenvalue weighted by molar-refractivity contribution is 1.12. The lowest BCUT2D eigenvalue weighted by Gasteiger charge is -2.16. The molecular formula is C44H28N6. The molecule has 10 rings (SSSR count). The third-order valence-corrected chi connectivity index (χ3v) is 9.48. The molecule has 0 unspecified atom stereocenters. The molecule has 234 valence electrons. The zero-order valence-corrected chi connectivity index (χ0v) is 26.8. The zero-order valence-electron chi connectivity index (χ0n) is 26.8. The Kier molecular flexibility index (Phi) is 6.39. The second kappa shape index (κ2) is 11.4. The first-order chi connectivity index (χ1) is 24.8. The van der Waals surface area contributed by atoms with E-state index >= 15 is 0 Å². The predicted octanol–water partition coefficient (Wildman–Crippen LogP) is 10.5. The van der Waals surface area contributed by atoms with E-state index in [1.54, 1.807) is 12.4 Å². The van der Waals surface area contributed by atoms with Crippen LogP contribution in [-0.4, -0.2) is 29.1 Å². The maximum atomic E-state index is 5.20. The SMILES string of the molecule is c1cncc(-c2cc(-c3cccnc3)nc(-c3cc(-n4c5ccccc5c5ccccc54)cc(-n4c5ccccc5c5ccccc54)c3)n2)c1. The third-order valence-electron chi connectivity index (χ3n) is 9.48. The van der Waals surface area contributed by atoms with Gasteiger partial charge >= 0.3 is 0 Å². The van der Waals surface area contributed by atoms with Crippen LogP contribution in [0, 0.1) is 0 Å². The molecule has 0 atom stereocenters. The molecule has 0 saturated heterocycles. The van der Waals surface area contributed by atoms with E-state index in [0.717, 1.165) is 61.5 Å². The summed E-state index contributed by atoms with van der Waals surface area (Å²) in [6.45, 7) is 0. The smallest absolute Gasteiger partial charge is 0.160 e. The molecule has 0 fully saturated rings. The second-order valence-corrected chi connectivity index (χ2v) is 12.4. The largest absolute Gasteiger partial charge is 0.309 e. The van der Waals surface area contributed by atoms with Crippen LogP contribution in [0.5, 0.6) is 0 Å². The second-order valence-electron chi connectivity index (χ2n) is 12.4. The molecule has 0 saturated carbocycles. The number of rotatable bonds is 5. The Morgan fingerprint density at radius 1 is 0.360 bits per heavy atom. The molecule has 5 aromatic heterocycles. The number of fused-ring (bicyclic) bond motifs is 6. The highest BCUT2D eigenvalue weighted by Gasteiger charge is 2.19. The van der Waals surface area contributed by atoms with Crippen LogP contribution in [0.2, 0.25) is 0 Å². The lowest BCUT2D eigenvalue weighted by Crippen LogP contribution is -2.02. The Balaban J connectivity index is 1.31. The summed E-state index contributed by atoms with van der Waals surface area (Å²) in [5.41, 5.74) is 10.9. The van der Waals surface area contributed by atoms with Crippen molar-refractivity contribution < 1.29 is 0 Å². The third kappa shape index (κ3) is 4.50. The number of aromatic nitrogens is 6. The molecule has 10 aromatic rings. The van der Waals surface area contributed by atoms with Gasteiger partial charge in [0.05, 0.1) is 33.5 Å². The van der Waals surface area contributed by atoms with Crippen LogP contribution >= 0.6 is 0 Å². The van der Waals surface area contributed by atoms with E-state index in [0.29, 0.717) is 5.82 Å². The van der Waals surface area contributed by atoms with E-state index in [4.69, 9.17) is 9.97 Å². The molecule has 5 heterocycles. The standard InChI is InChI=1S/C44H28N6/c1-5-17-40-34(13-1)35-14-2-6-18-41(35)49(40)32-23-31(24-33(25-32)50-42-19-7-3-15-36(42)37-16-4-8-20-43(37)50)44-47-38(29-11-9-21-45-27-29)26-39(48-44)30-12-10-22-46-28-30/h1-28H. The minimum Gasteiger partial charge on any atom is -0.309 e. The number of nitrogens with zero attached hydrogens (tertiary/aromatic N) is 6. The first-order valence-electron chi connectivity index (χ1n) is 16.6. The van der Waals surface area contributed by atoms with Crippen molar-refractivity contribution in [3.05, 3.63) is 170 Å². The molecule has 0 N–H and O–H groups in total. The molecule has 0 bridgehead atoms. The Morgan fingerprint density at radius 2 is 0.760 bits per heavy atom. The Labute approximate surface area is 287 Å². The average Bonchev–Trinajstić information content (AvgIpc) is 3.71. The minimum absolute atomic E-state index is 0.620. The summed E-state index contributed by atoms with van der Waals surface area (Å²) in [6, 6.07) is 51.1. The Bertz CT molecular complexity index is 2570. The summed E-state index contributed by atoms with van der Waals surface area (Å²) >= 11 is 0. The van der Waals surface area contributed by atoms with Crippen molar-refractivity contribution in [1.29, 1.82) is 0 Å². The molecule has 0 aliphatic rings. The summed E-state index contributed by atoms with van der Waals surface area (Å²) in [7, 11) is 0. The number of para-hydroxylation sites is 4. The zero-order chi connectivity index (χ0) is 33.0. The van der Waals surface area contributed by atoms with E-state index in [1.165, 1.54) is 21.5 Å². The fourth-order valence-electron chi connectivity index (χ4n) is 7.28. The van der Waals surface area contributed by atoms with Crippen molar-refractivity contribution in [2.24, 2.45) is 0 Å². The first-order valence-corrected chi connectivity index (χ1v) is 16.6. The van der Waals surface area contributed by atoms with Crippen LogP contribution in [0.3, 0.4) is 0 Å². The van der Waals surface area contributed by atoms with Crippen LogP contribution < -0.4 is 0 Å². The van der Waals surface area contributed by atoms with E-state index in [1.807, 2.05) is 42.7 Å². The first kappa shape index (κ1) is 28.1. The van der Waals surface area contributed by atoms with Crippen molar-refractivity contribution in [3.8, 4) is 45.3 Å². The van der Waals surface area contributed by atoms with Crippen LogP contribution in [0.25, 0.3) is 88.9 Å². The van der Waals surface area contributed by atoms with Crippen LogP contribution in [0.4, 0.5) is 0 Å². The minimum atomic E-state index is 0.620. The summed E-state index contributed by atoms with van der Waals surface area (Å²) in [5, 5.41) is 4.84. The quantitative estimate of drug-likeness (QED) is 0.188. The molecule has 6 nitrogen and oxygen atoms in total. The van der Waals surface area contributed by atoms with Gasteiger partial charge in [0.25, 0.3) is 0 Å². The molecule has 0 radical (unpaired) electrons. The highest BCUT2D eigenvalue weighted by Crippen LogP contribution is 2.38. The molecule has 0 aliphatic carbocycles. The van der Waals surface area contributed by atoms with Crippen molar-refractivity contribution in [1.82, 2.24) is 29.1 Å². The van der Waals surface area contributed by atoms with Crippen LogP contribution in [-0.2, 0) is 0 Å². The summed E-state index contributed by atoms with van der Waals surface area (Å²) < 4.78 is 4.72. The van der Waals surface area contributed by atoms with Crippen molar-refractivity contribution in [2.75, 3.05) is 0 Å². The Morgan fingerprint density at radius 3 is 1.14 bits per heavy atom. The van der Waals surface area contributed by atoms with E-state index in [-0.39, 0.29) is 0 Å². The number of hydrogen-bond donors (Lipinski definition) is 0. The van der Waals surface area contributed by atoms with Gasteiger partial charge in [-0.3, -0.25) is 9.97 Å². The van der Waals surface area contributed by atoms with Crippen molar-refractivity contribution >= 4 is 43.6 Å². The lowest BCUT2D eigenvalue weighted by atomic mass is 10.1. The van der Waals surface area contributed by atoms with Gasteiger partial charge in [0.15, 0.2) is 5.82 Å². The molecular weight excluding hydrogens is 613 g/mol. The highest BCUT2D eigenvalue weighted by molar-refractivity contribution is 6.10. The molecule has 6 heteroatoms. The van der Waals surface area contributed by atoms with Crippen LogP contribution in [0.1, 0.15) is 0 Å². The van der Waals surface area contributed by atoms with E-state index in [2.05, 4.69) is 134 Å². The number of pyridine rings is 2. The molecule has 0 amide bonds. The number of benzene rings is 5. The van der Waals surface area contributed by atoms with Gasteiger partial charge in [0.2, 0.25) is 0 Å². The van der Waals surface area contributed by atoms with Gasteiger partial charge in [0.1, 0.15) is 0 Å². The summed E-state index contributed by atoms with van der Waals surface area (Å²) in [6.07, 6.45) is 7.25. The topological polar surface area (TPSA) is 61.4 Å².